The van der Waals surface area contributed by atoms with Crippen LogP contribution in [0.25, 0.3) is 0 Å². The molecule has 1 saturated carbocycles. The van der Waals surface area contributed by atoms with Gasteiger partial charge in [-0.05, 0) is 31.9 Å². The summed E-state index contributed by atoms with van der Waals surface area (Å²) in [6, 6.07) is 9.05. The molecule has 0 heterocycles. The van der Waals surface area contributed by atoms with E-state index in [0.29, 0.717) is 12.1 Å². The third kappa shape index (κ3) is 3.82. The van der Waals surface area contributed by atoms with Crippen LogP contribution >= 0.6 is 0 Å². The highest BCUT2D eigenvalue weighted by molar-refractivity contribution is 5.25. The van der Waals surface area contributed by atoms with E-state index >= 15 is 0 Å². The standard InChI is InChI=1S/C16H25NO/c1-3-17-16(12-18-15-9-4-5-10-15)14-8-6-7-13(2)11-14/h6-8,11,15-17H,3-5,9-10,12H2,1-2H3. The fourth-order valence-electron chi connectivity index (χ4n) is 2.69. The summed E-state index contributed by atoms with van der Waals surface area (Å²) in [5.41, 5.74) is 2.66. The summed E-state index contributed by atoms with van der Waals surface area (Å²) >= 11 is 0. The Labute approximate surface area is 111 Å². The maximum absolute atomic E-state index is 6.05. The average molecular weight is 247 g/mol. The van der Waals surface area contributed by atoms with Gasteiger partial charge in [0, 0.05) is 0 Å². The van der Waals surface area contributed by atoms with Gasteiger partial charge in [0.2, 0.25) is 0 Å². The van der Waals surface area contributed by atoms with Crippen LogP contribution in [0.5, 0.6) is 0 Å². The molecule has 0 bridgehead atoms. The number of aryl methyl sites for hydroxylation is 1. The first-order chi connectivity index (χ1) is 8.79. The van der Waals surface area contributed by atoms with E-state index in [-0.39, 0.29) is 0 Å². The first-order valence-corrected chi connectivity index (χ1v) is 7.21. The SMILES string of the molecule is CCNC(COC1CCCC1)c1cccc(C)c1. The second-order valence-corrected chi connectivity index (χ2v) is 5.26. The maximum Gasteiger partial charge on any atom is 0.0665 e. The van der Waals surface area contributed by atoms with Crippen LogP contribution in [0.4, 0.5) is 0 Å². The molecule has 2 heteroatoms. The van der Waals surface area contributed by atoms with Crippen LogP contribution in [-0.4, -0.2) is 19.3 Å². The van der Waals surface area contributed by atoms with Gasteiger partial charge in [-0.1, -0.05) is 49.6 Å². The highest BCUT2D eigenvalue weighted by atomic mass is 16.5. The van der Waals surface area contributed by atoms with Crippen molar-refractivity contribution in [2.75, 3.05) is 13.2 Å². The van der Waals surface area contributed by atoms with E-state index in [1.54, 1.807) is 0 Å². The number of ether oxygens (including phenoxy) is 1. The fraction of sp³-hybridized carbons (Fsp3) is 0.625. The van der Waals surface area contributed by atoms with Gasteiger partial charge in [0.15, 0.2) is 0 Å². The molecule has 0 aromatic heterocycles. The van der Waals surface area contributed by atoms with Gasteiger partial charge < -0.3 is 10.1 Å². The Morgan fingerprint density at radius 1 is 1.33 bits per heavy atom. The van der Waals surface area contributed by atoms with Crippen molar-refractivity contribution in [2.24, 2.45) is 0 Å². The van der Waals surface area contributed by atoms with Gasteiger partial charge in [-0.25, -0.2) is 0 Å². The van der Waals surface area contributed by atoms with Gasteiger partial charge in [-0.15, -0.1) is 0 Å². The summed E-state index contributed by atoms with van der Waals surface area (Å²) in [4.78, 5) is 0. The molecule has 1 aromatic carbocycles. The molecule has 1 atom stereocenters. The van der Waals surface area contributed by atoms with Crippen molar-refractivity contribution in [3.63, 3.8) is 0 Å². The molecule has 0 saturated heterocycles. The van der Waals surface area contributed by atoms with E-state index in [2.05, 4.69) is 43.4 Å². The third-order valence-corrected chi connectivity index (χ3v) is 3.70. The van der Waals surface area contributed by atoms with E-state index in [9.17, 15) is 0 Å². The summed E-state index contributed by atoms with van der Waals surface area (Å²) < 4.78 is 6.05. The lowest BCUT2D eigenvalue weighted by Gasteiger charge is -2.21. The lowest BCUT2D eigenvalue weighted by molar-refractivity contribution is 0.0428. The van der Waals surface area contributed by atoms with Crippen molar-refractivity contribution < 1.29 is 4.74 Å². The summed E-state index contributed by atoms with van der Waals surface area (Å²) in [6.07, 6.45) is 5.65. The zero-order valence-electron chi connectivity index (χ0n) is 11.6. The molecule has 1 unspecified atom stereocenters. The molecule has 1 aliphatic rings. The first-order valence-electron chi connectivity index (χ1n) is 7.21. The number of hydrogen-bond donors (Lipinski definition) is 1. The monoisotopic (exact) mass is 247 g/mol. The third-order valence-electron chi connectivity index (χ3n) is 3.70. The lowest BCUT2D eigenvalue weighted by Crippen LogP contribution is -2.27. The normalized spacial score (nSPS) is 18.1. The topological polar surface area (TPSA) is 21.3 Å². The molecular formula is C16H25NO. The van der Waals surface area contributed by atoms with Gasteiger partial charge in [0.1, 0.15) is 0 Å². The molecule has 0 radical (unpaired) electrons. The van der Waals surface area contributed by atoms with Crippen LogP contribution < -0.4 is 5.32 Å². The van der Waals surface area contributed by atoms with Gasteiger partial charge in [0.05, 0.1) is 18.8 Å². The average Bonchev–Trinajstić information content (AvgIpc) is 2.87. The van der Waals surface area contributed by atoms with Gasteiger partial charge in [-0.2, -0.15) is 0 Å². The van der Waals surface area contributed by atoms with Crippen LogP contribution in [0.3, 0.4) is 0 Å². The Bertz CT molecular complexity index is 358. The smallest absolute Gasteiger partial charge is 0.0665 e. The molecular weight excluding hydrogens is 222 g/mol. The Morgan fingerprint density at radius 2 is 2.11 bits per heavy atom. The van der Waals surface area contributed by atoms with Crippen molar-refractivity contribution in [1.82, 2.24) is 5.32 Å². The Kier molecular flexibility index (Phi) is 5.21. The molecule has 18 heavy (non-hydrogen) atoms. The summed E-state index contributed by atoms with van der Waals surface area (Å²) in [5.74, 6) is 0. The summed E-state index contributed by atoms with van der Waals surface area (Å²) in [6.45, 7) is 6.07. The van der Waals surface area contributed by atoms with Crippen LogP contribution in [0.2, 0.25) is 0 Å². The quantitative estimate of drug-likeness (QED) is 0.829. The molecule has 1 aliphatic carbocycles. The molecule has 0 aliphatic heterocycles. The minimum atomic E-state index is 0.329. The number of nitrogens with one attached hydrogen (secondary N) is 1. The molecule has 1 aromatic rings. The van der Waals surface area contributed by atoms with Crippen LogP contribution in [0.15, 0.2) is 24.3 Å². The molecule has 0 spiro atoms. The van der Waals surface area contributed by atoms with E-state index in [1.807, 2.05) is 0 Å². The van der Waals surface area contributed by atoms with E-state index in [0.717, 1.165) is 13.2 Å². The molecule has 1 fully saturated rings. The number of hydrogen-bond acceptors (Lipinski definition) is 2. The van der Waals surface area contributed by atoms with Crippen LogP contribution in [0.1, 0.15) is 49.8 Å². The van der Waals surface area contributed by atoms with E-state index in [4.69, 9.17) is 4.74 Å². The molecule has 1 N–H and O–H groups in total. The zero-order chi connectivity index (χ0) is 12.8. The van der Waals surface area contributed by atoms with Crippen LogP contribution in [0, 0.1) is 6.92 Å². The van der Waals surface area contributed by atoms with Gasteiger partial charge >= 0.3 is 0 Å². The molecule has 2 nitrogen and oxygen atoms in total. The zero-order valence-corrected chi connectivity index (χ0v) is 11.6. The van der Waals surface area contributed by atoms with Gasteiger partial charge in [-0.3, -0.25) is 0 Å². The predicted octanol–water partition coefficient (Wildman–Crippen LogP) is 3.60. The van der Waals surface area contributed by atoms with E-state index < -0.39 is 0 Å². The maximum atomic E-state index is 6.05. The Morgan fingerprint density at radius 3 is 2.78 bits per heavy atom. The Balaban J connectivity index is 1.94. The van der Waals surface area contributed by atoms with Gasteiger partial charge in [0.25, 0.3) is 0 Å². The van der Waals surface area contributed by atoms with E-state index in [1.165, 1.54) is 36.8 Å². The van der Waals surface area contributed by atoms with Crippen molar-refractivity contribution in [3.8, 4) is 0 Å². The van der Waals surface area contributed by atoms with Crippen LogP contribution in [-0.2, 0) is 4.74 Å². The summed E-state index contributed by atoms with van der Waals surface area (Å²) in [5, 5.41) is 3.53. The Hall–Kier alpha value is -0.860. The van der Waals surface area contributed by atoms with Crippen molar-refractivity contribution in [1.29, 1.82) is 0 Å². The molecule has 100 valence electrons. The largest absolute Gasteiger partial charge is 0.376 e. The number of rotatable bonds is 6. The lowest BCUT2D eigenvalue weighted by atomic mass is 10.0. The second kappa shape index (κ2) is 6.91. The van der Waals surface area contributed by atoms with Crippen molar-refractivity contribution in [2.45, 2.75) is 51.7 Å². The fourth-order valence-corrected chi connectivity index (χ4v) is 2.69. The second-order valence-electron chi connectivity index (χ2n) is 5.26. The molecule has 2 rings (SSSR count). The molecule has 0 amide bonds. The number of likely N-dealkylation sites (N-methyl/N-ethyl adjacent to an activating group) is 1. The predicted molar refractivity (Wildman–Crippen MR) is 75.8 cm³/mol. The van der Waals surface area contributed by atoms with Crippen molar-refractivity contribution >= 4 is 0 Å². The minimum absolute atomic E-state index is 0.329. The van der Waals surface area contributed by atoms with Crippen molar-refractivity contribution in [3.05, 3.63) is 35.4 Å². The minimum Gasteiger partial charge on any atom is -0.376 e. The highest BCUT2D eigenvalue weighted by Gasteiger charge is 2.18. The number of benzene rings is 1. The highest BCUT2D eigenvalue weighted by Crippen LogP contribution is 2.23. The first kappa shape index (κ1) is 13.6. The summed E-state index contributed by atoms with van der Waals surface area (Å²) in [7, 11) is 0.